The first-order valence-corrected chi connectivity index (χ1v) is 7.23. The lowest BCUT2D eigenvalue weighted by atomic mass is 10.00. The number of carboxylic acid groups (broad SMARTS) is 2. The molecule has 126 valence electrons. The van der Waals surface area contributed by atoms with Crippen molar-refractivity contribution < 1.29 is 35.5 Å². The maximum Gasteiger partial charge on any atom is 0.317 e. The SMILES string of the molecule is O.O=C(O)C(CCCCCCCCCC(O)CO)C(=O)O. The zero-order valence-electron chi connectivity index (χ0n) is 12.3. The summed E-state index contributed by atoms with van der Waals surface area (Å²) in [7, 11) is 0. The van der Waals surface area contributed by atoms with Crippen LogP contribution in [0.25, 0.3) is 0 Å². The highest BCUT2D eigenvalue weighted by Gasteiger charge is 2.24. The van der Waals surface area contributed by atoms with E-state index in [-0.39, 0.29) is 18.5 Å². The molecule has 0 bridgehead atoms. The third-order valence-corrected chi connectivity index (χ3v) is 3.34. The van der Waals surface area contributed by atoms with Crippen molar-refractivity contribution in [1.82, 2.24) is 0 Å². The second-order valence-electron chi connectivity index (χ2n) is 5.12. The van der Waals surface area contributed by atoms with Gasteiger partial charge in [0.15, 0.2) is 5.92 Å². The van der Waals surface area contributed by atoms with E-state index in [0.717, 1.165) is 38.5 Å². The van der Waals surface area contributed by atoms with Gasteiger partial charge in [0, 0.05) is 0 Å². The van der Waals surface area contributed by atoms with E-state index in [0.29, 0.717) is 12.8 Å². The van der Waals surface area contributed by atoms with Crippen molar-refractivity contribution in [2.45, 2.75) is 63.9 Å². The number of aliphatic carboxylic acids is 2. The van der Waals surface area contributed by atoms with Crippen LogP contribution in [0.15, 0.2) is 0 Å². The van der Waals surface area contributed by atoms with Gasteiger partial charge >= 0.3 is 11.9 Å². The largest absolute Gasteiger partial charge is 0.481 e. The minimum Gasteiger partial charge on any atom is -0.481 e. The average Bonchev–Trinajstić information content (AvgIpc) is 2.39. The van der Waals surface area contributed by atoms with Crippen molar-refractivity contribution in [3.8, 4) is 0 Å². The summed E-state index contributed by atoms with van der Waals surface area (Å²) in [5, 5.41) is 35.1. The smallest absolute Gasteiger partial charge is 0.317 e. The van der Waals surface area contributed by atoms with Gasteiger partial charge in [-0.1, -0.05) is 44.9 Å². The number of carbonyl (C=O) groups is 2. The molecule has 0 spiro atoms. The number of hydrogen-bond acceptors (Lipinski definition) is 4. The highest BCUT2D eigenvalue weighted by atomic mass is 16.4. The van der Waals surface area contributed by atoms with E-state index in [1.807, 2.05) is 0 Å². The number of unbranched alkanes of at least 4 members (excludes halogenated alkanes) is 6. The topological polar surface area (TPSA) is 147 Å². The lowest BCUT2D eigenvalue weighted by molar-refractivity contribution is -0.154. The summed E-state index contributed by atoms with van der Waals surface area (Å²) in [5.74, 6) is -3.81. The van der Waals surface area contributed by atoms with Gasteiger partial charge in [0.25, 0.3) is 0 Å². The van der Waals surface area contributed by atoms with E-state index in [9.17, 15) is 9.59 Å². The Labute approximate surface area is 124 Å². The summed E-state index contributed by atoms with van der Waals surface area (Å²) in [5.41, 5.74) is 0. The first-order valence-electron chi connectivity index (χ1n) is 7.23. The van der Waals surface area contributed by atoms with Gasteiger partial charge in [-0.25, -0.2) is 0 Å². The maximum absolute atomic E-state index is 10.6. The van der Waals surface area contributed by atoms with E-state index in [2.05, 4.69) is 0 Å². The van der Waals surface area contributed by atoms with Crippen LogP contribution in [0.3, 0.4) is 0 Å². The Balaban J connectivity index is 0. The second kappa shape index (κ2) is 13.8. The van der Waals surface area contributed by atoms with Crippen molar-refractivity contribution in [3.05, 3.63) is 0 Å². The molecule has 21 heavy (non-hydrogen) atoms. The van der Waals surface area contributed by atoms with Crippen LogP contribution in [0.5, 0.6) is 0 Å². The fraction of sp³-hybridized carbons (Fsp3) is 0.857. The fourth-order valence-corrected chi connectivity index (χ4v) is 2.06. The summed E-state index contributed by atoms with van der Waals surface area (Å²) in [6.07, 6.45) is 6.59. The lowest BCUT2D eigenvalue weighted by Gasteiger charge is -2.07. The molecule has 1 unspecified atom stereocenters. The van der Waals surface area contributed by atoms with Crippen LogP contribution in [-0.4, -0.2) is 50.6 Å². The predicted octanol–water partition coefficient (Wildman–Crippen LogP) is 0.811. The Morgan fingerprint density at radius 1 is 0.762 bits per heavy atom. The van der Waals surface area contributed by atoms with E-state index in [4.69, 9.17) is 20.4 Å². The number of aliphatic hydroxyl groups excluding tert-OH is 2. The molecule has 0 saturated carbocycles. The molecule has 0 aromatic carbocycles. The monoisotopic (exact) mass is 308 g/mol. The standard InChI is InChI=1S/C14H26O6.H2O/c15-10-11(16)8-6-4-2-1-3-5-7-9-12(13(17)18)14(19)20;/h11-12,15-16H,1-10H2,(H,17,18)(H,19,20);1H2. The van der Waals surface area contributed by atoms with Gasteiger partial charge in [0.1, 0.15) is 0 Å². The summed E-state index contributed by atoms with van der Waals surface area (Å²) in [6.45, 7) is -0.186. The second-order valence-corrected chi connectivity index (χ2v) is 5.12. The summed E-state index contributed by atoms with van der Waals surface area (Å²) in [6, 6.07) is 0. The molecule has 0 amide bonds. The van der Waals surface area contributed by atoms with Crippen molar-refractivity contribution in [1.29, 1.82) is 0 Å². The molecule has 0 aromatic rings. The van der Waals surface area contributed by atoms with E-state index in [1.54, 1.807) is 0 Å². The van der Waals surface area contributed by atoms with Gasteiger partial charge in [-0.2, -0.15) is 0 Å². The van der Waals surface area contributed by atoms with E-state index in [1.165, 1.54) is 0 Å². The third kappa shape index (κ3) is 12.3. The fourth-order valence-electron chi connectivity index (χ4n) is 2.06. The molecule has 0 aromatic heterocycles. The molecule has 7 nitrogen and oxygen atoms in total. The molecule has 0 heterocycles. The minimum absolute atomic E-state index is 0. The zero-order chi connectivity index (χ0) is 15.4. The molecule has 0 rings (SSSR count). The van der Waals surface area contributed by atoms with E-state index >= 15 is 0 Å². The Hall–Kier alpha value is -1.18. The van der Waals surface area contributed by atoms with Crippen LogP contribution in [0.1, 0.15) is 57.8 Å². The van der Waals surface area contributed by atoms with Gasteiger partial charge in [-0.3, -0.25) is 9.59 Å². The van der Waals surface area contributed by atoms with Crippen molar-refractivity contribution in [2.24, 2.45) is 5.92 Å². The first kappa shape index (κ1) is 22.1. The Kier molecular flexibility index (Phi) is 14.5. The lowest BCUT2D eigenvalue weighted by Crippen LogP contribution is -2.23. The molecule has 0 aliphatic carbocycles. The van der Waals surface area contributed by atoms with Gasteiger partial charge in [0.05, 0.1) is 12.7 Å². The normalized spacial score (nSPS) is 12.0. The molecule has 0 saturated heterocycles. The quantitative estimate of drug-likeness (QED) is 0.292. The molecular formula is C14H28O7. The van der Waals surface area contributed by atoms with Crippen molar-refractivity contribution >= 4 is 11.9 Å². The Bertz CT molecular complexity index is 266. The zero-order valence-corrected chi connectivity index (χ0v) is 12.3. The van der Waals surface area contributed by atoms with Gasteiger partial charge in [-0.05, 0) is 12.8 Å². The van der Waals surface area contributed by atoms with Crippen LogP contribution in [-0.2, 0) is 9.59 Å². The summed E-state index contributed by atoms with van der Waals surface area (Å²) in [4.78, 5) is 21.3. The Morgan fingerprint density at radius 3 is 1.52 bits per heavy atom. The van der Waals surface area contributed by atoms with Crippen molar-refractivity contribution in [3.63, 3.8) is 0 Å². The molecule has 7 heteroatoms. The van der Waals surface area contributed by atoms with Gasteiger partial charge in [0.2, 0.25) is 0 Å². The van der Waals surface area contributed by atoms with Crippen LogP contribution < -0.4 is 0 Å². The summed E-state index contributed by atoms with van der Waals surface area (Å²) < 4.78 is 0. The van der Waals surface area contributed by atoms with Crippen molar-refractivity contribution in [2.75, 3.05) is 6.61 Å². The van der Waals surface area contributed by atoms with Crippen LogP contribution in [0.4, 0.5) is 0 Å². The molecule has 0 fully saturated rings. The molecule has 0 aliphatic rings. The minimum atomic E-state index is -1.28. The molecule has 6 N–H and O–H groups in total. The van der Waals surface area contributed by atoms with E-state index < -0.39 is 24.0 Å². The predicted molar refractivity (Wildman–Crippen MR) is 77.0 cm³/mol. The molecule has 0 radical (unpaired) electrons. The number of rotatable bonds is 13. The highest BCUT2D eigenvalue weighted by molar-refractivity contribution is 5.92. The van der Waals surface area contributed by atoms with Crippen LogP contribution in [0, 0.1) is 5.92 Å². The first-order chi connectivity index (χ1) is 9.49. The van der Waals surface area contributed by atoms with Gasteiger partial charge < -0.3 is 25.9 Å². The molecular weight excluding hydrogens is 280 g/mol. The van der Waals surface area contributed by atoms with Gasteiger partial charge in [-0.15, -0.1) is 0 Å². The maximum atomic E-state index is 10.6. The van der Waals surface area contributed by atoms with Crippen LogP contribution in [0.2, 0.25) is 0 Å². The number of hydrogen-bond donors (Lipinski definition) is 4. The Morgan fingerprint density at radius 2 is 1.14 bits per heavy atom. The molecule has 0 aliphatic heterocycles. The van der Waals surface area contributed by atoms with Crippen LogP contribution >= 0.6 is 0 Å². The highest BCUT2D eigenvalue weighted by Crippen LogP contribution is 2.14. The molecule has 1 atom stereocenters. The number of carboxylic acids is 2. The average molecular weight is 308 g/mol. The third-order valence-electron chi connectivity index (χ3n) is 3.34. The summed E-state index contributed by atoms with van der Waals surface area (Å²) >= 11 is 0. The number of aliphatic hydroxyl groups is 2.